The molecule has 22 heavy (non-hydrogen) atoms. The van der Waals surface area contributed by atoms with E-state index in [0.29, 0.717) is 5.56 Å². The Morgan fingerprint density at radius 1 is 1.05 bits per heavy atom. The van der Waals surface area contributed by atoms with Crippen LogP contribution < -0.4 is 4.74 Å². The maximum Gasteiger partial charge on any atom is 0.422 e. The summed E-state index contributed by atoms with van der Waals surface area (Å²) in [5.74, 6) is -0.927. The molecule has 0 heterocycles. The fourth-order valence-corrected chi connectivity index (χ4v) is 1.89. The Labute approximate surface area is 125 Å². The molecule has 0 aliphatic rings. The van der Waals surface area contributed by atoms with E-state index in [-0.39, 0.29) is 11.3 Å². The second-order valence-electron chi connectivity index (χ2n) is 4.58. The number of hydrogen-bond acceptors (Lipinski definition) is 3. The first-order valence-electron chi connectivity index (χ1n) is 6.44. The molecule has 0 spiro atoms. The van der Waals surface area contributed by atoms with Crippen LogP contribution >= 0.6 is 0 Å². The lowest BCUT2D eigenvalue weighted by Crippen LogP contribution is -2.21. The fraction of sp³-hybridized carbons (Fsp3) is 0.188. The molecular formula is C16H13F3O3. The Kier molecular flexibility index (Phi) is 4.82. The number of carbonyl (C=O) groups excluding carboxylic acids is 1. The van der Waals surface area contributed by atoms with E-state index >= 15 is 0 Å². The van der Waals surface area contributed by atoms with Crippen molar-refractivity contribution in [1.82, 2.24) is 0 Å². The van der Waals surface area contributed by atoms with Crippen LogP contribution in [-0.4, -0.2) is 23.7 Å². The van der Waals surface area contributed by atoms with Crippen LogP contribution in [0, 0.1) is 0 Å². The Morgan fingerprint density at radius 3 is 2.27 bits per heavy atom. The molecule has 0 saturated heterocycles. The van der Waals surface area contributed by atoms with Gasteiger partial charge < -0.3 is 9.84 Å². The summed E-state index contributed by atoms with van der Waals surface area (Å²) in [4.78, 5) is 12.3. The van der Waals surface area contributed by atoms with Crippen molar-refractivity contribution in [1.29, 1.82) is 0 Å². The minimum Gasteiger partial charge on any atom is -0.483 e. The average molecular weight is 310 g/mol. The van der Waals surface area contributed by atoms with Gasteiger partial charge in [0.2, 0.25) is 0 Å². The lowest BCUT2D eigenvalue weighted by atomic mass is 9.99. The zero-order chi connectivity index (χ0) is 16.2. The van der Waals surface area contributed by atoms with Crippen molar-refractivity contribution >= 4 is 5.78 Å². The highest BCUT2D eigenvalue weighted by atomic mass is 19.4. The molecule has 2 aromatic carbocycles. The van der Waals surface area contributed by atoms with Crippen molar-refractivity contribution in [3.63, 3.8) is 0 Å². The number of para-hydroxylation sites is 1. The molecule has 0 radical (unpaired) electrons. The van der Waals surface area contributed by atoms with Crippen LogP contribution in [0.5, 0.6) is 5.75 Å². The monoisotopic (exact) mass is 310 g/mol. The smallest absolute Gasteiger partial charge is 0.422 e. The second-order valence-corrected chi connectivity index (χ2v) is 4.58. The highest BCUT2D eigenvalue weighted by Crippen LogP contribution is 2.26. The zero-order valence-electron chi connectivity index (χ0n) is 11.4. The summed E-state index contributed by atoms with van der Waals surface area (Å²) in [5, 5.41) is 10.1. The van der Waals surface area contributed by atoms with E-state index in [1.54, 1.807) is 30.3 Å². The molecule has 0 aromatic heterocycles. The number of Topliss-reactive ketones (excluding diaryl/α,β-unsaturated/α-hetero) is 1. The standard InChI is InChI=1S/C16H13F3O3/c17-16(18,19)10-22-13-9-5-4-8-12(13)15(21)14(20)11-6-2-1-3-7-11/h1-9,14,20H,10H2. The van der Waals surface area contributed by atoms with Crippen LogP contribution in [0.1, 0.15) is 22.0 Å². The molecule has 0 amide bonds. The summed E-state index contributed by atoms with van der Waals surface area (Å²) in [7, 11) is 0. The Balaban J connectivity index is 2.23. The van der Waals surface area contributed by atoms with Crippen molar-refractivity contribution in [2.75, 3.05) is 6.61 Å². The third-order valence-electron chi connectivity index (χ3n) is 2.91. The molecule has 0 bridgehead atoms. The van der Waals surface area contributed by atoms with Gasteiger partial charge in [0.1, 0.15) is 11.9 Å². The summed E-state index contributed by atoms with van der Waals surface area (Å²) in [5.41, 5.74) is 0.265. The molecule has 1 atom stereocenters. The molecular weight excluding hydrogens is 297 g/mol. The molecule has 6 heteroatoms. The van der Waals surface area contributed by atoms with Gasteiger partial charge in [-0.3, -0.25) is 4.79 Å². The summed E-state index contributed by atoms with van der Waals surface area (Å²) >= 11 is 0. The number of aliphatic hydroxyl groups excluding tert-OH is 1. The van der Waals surface area contributed by atoms with E-state index in [0.717, 1.165) is 0 Å². The van der Waals surface area contributed by atoms with Crippen LogP contribution in [-0.2, 0) is 0 Å². The van der Waals surface area contributed by atoms with Crippen molar-refractivity contribution in [2.45, 2.75) is 12.3 Å². The molecule has 2 aromatic rings. The first-order valence-corrected chi connectivity index (χ1v) is 6.44. The molecule has 0 saturated carbocycles. The summed E-state index contributed by atoms with van der Waals surface area (Å²) in [6, 6.07) is 13.7. The lowest BCUT2D eigenvalue weighted by Gasteiger charge is -2.15. The van der Waals surface area contributed by atoms with Crippen LogP contribution in [0.25, 0.3) is 0 Å². The Morgan fingerprint density at radius 2 is 1.64 bits per heavy atom. The summed E-state index contributed by atoms with van der Waals surface area (Å²) < 4.78 is 41.4. The molecule has 0 aliphatic carbocycles. The van der Waals surface area contributed by atoms with E-state index in [1.165, 1.54) is 24.3 Å². The highest BCUT2D eigenvalue weighted by molar-refractivity contribution is 6.02. The van der Waals surface area contributed by atoms with E-state index in [1.807, 2.05) is 0 Å². The van der Waals surface area contributed by atoms with E-state index in [9.17, 15) is 23.1 Å². The number of benzene rings is 2. The van der Waals surface area contributed by atoms with E-state index in [4.69, 9.17) is 0 Å². The van der Waals surface area contributed by atoms with Gasteiger partial charge in [-0.05, 0) is 17.7 Å². The molecule has 1 N–H and O–H groups in total. The zero-order valence-corrected chi connectivity index (χ0v) is 11.4. The van der Waals surface area contributed by atoms with E-state index in [2.05, 4.69) is 4.74 Å². The number of aliphatic hydroxyl groups is 1. The molecule has 116 valence electrons. The molecule has 2 rings (SSSR count). The van der Waals surface area contributed by atoms with Crippen molar-refractivity contribution in [3.8, 4) is 5.75 Å². The molecule has 3 nitrogen and oxygen atoms in total. The van der Waals surface area contributed by atoms with Crippen LogP contribution in [0.3, 0.4) is 0 Å². The van der Waals surface area contributed by atoms with Gasteiger partial charge in [0.25, 0.3) is 0 Å². The second kappa shape index (κ2) is 6.62. The number of ether oxygens (including phenoxy) is 1. The van der Waals surface area contributed by atoms with Gasteiger partial charge in [-0.25, -0.2) is 0 Å². The fourth-order valence-electron chi connectivity index (χ4n) is 1.89. The number of hydrogen-bond donors (Lipinski definition) is 1. The van der Waals surface area contributed by atoms with Crippen molar-refractivity contribution < 1.29 is 27.8 Å². The van der Waals surface area contributed by atoms with E-state index < -0.39 is 24.7 Å². The maximum absolute atomic E-state index is 12.3. The van der Waals surface area contributed by atoms with Gasteiger partial charge >= 0.3 is 6.18 Å². The van der Waals surface area contributed by atoms with Gasteiger partial charge in [0.15, 0.2) is 12.4 Å². The van der Waals surface area contributed by atoms with Gasteiger partial charge in [-0.15, -0.1) is 0 Å². The number of ketones is 1. The van der Waals surface area contributed by atoms with Crippen LogP contribution in [0.15, 0.2) is 54.6 Å². The predicted octanol–water partition coefficient (Wildman–Crippen LogP) is 3.54. The lowest BCUT2D eigenvalue weighted by molar-refractivity contribution is -0.153. The molecule has 0 fully saturated rings. The largest absolute Gasteiger partial charge is 0.483 e. The summed E-state index contributed by atoms with van der Waals surface area (Å²) in [6.45, 7) is -1.50. The van der Waals surface area contributed by atoms with Gasteiger partial charge in [0.05, 0.1) is 5.56 Å². The van der Waals surface area contributed by atoms with Gasteiger partial charge in [-0.2, -0.15) is 13.2 Å². The molecule has 1 unspecified atom stereocenters. The van der Waals surface area contributed by atoms with Crippen molar-refractivity contribution in [2.24, 2.45) is 0 Å². The predicted molar refractivity (Wildman–Crippen MR) is 73.7 cm³/mol. The first kappa shape index (κ1) is 16.0. The normalized spacial score (nSPS) is 12.7. The van der Waals surface area contributed by atoms with Crippen LogP contribution in [0.4, 0.5) is 13.2 Å². The maximum atomic E-state index is 12.3. The Bertz CT molecular complexity index is 639. The summed E-state index contributed by atoms with van der Waals surface area (Å²) in [6.07, 6.45) is -5.97. The highest BCUT2D eigenvalue weighted by Gasteiger charge is 2.30. The third-order valence-corrected chi connectivity index (χ3v) is 2.91. The molecule has 0 aliphatic heterocycles. The minimum absolute atomic E-state index is 0.0943. The van der Waals surface area contributed by atoms with Gasteiger partial charge in [-0.1, -0.05) is 42.5 Å². The number of alkyl halides is 3. The van der Waals surface area contributed by atoms with Crippen LogP contribution in [0.2, 0.25) is 0 Å². The third kappa shape index (κ3) is 4.08. The number of carbonyl (C=O) groups is 1. The number of rotatable bonds is 5. The minimum atomic E-state index is -4.51. The quantitative estimate of drug-likeness (QED) is 0.859. The number of halogens is 3. The SMILES string of the molecule is O=C(c1ccccc1OCC(F)(F)F)C(O)c1ccccc1. The average Bonchev–Trinajstić information content (AvgIpc) is 2.52. The Hall–Kier alpha value is -2.34. The van der Waals surface area contributed by atoms with Crippen molar-refractivity contribution in [3.05, 3.63) is 65.7 Å². The van der Waals surface area contributed by atoms with Gasteiger partial charge in [0, 0.05) is 0 Å². The first-order chi connectivity index (χ1) is 10.4. The topological polar surface area (TPSA) is 46.5 Å².